The van der Waals surface area contributed by atoms with E-state index >= 15 is 0 Å². The molecule has 0 saturated heterocycles. The maximum Gasteiger partial charge on any atom is 0.336 e. The lowest BCUT2D eigenvalue weighted by Crippen LogP contribution is -2.04. The second-order valence-electron chi connectivity index (χ2n) is 16.0. The van der Waals surface area contributed by atoms with Gasteiger partial charge in [-0.1, -0.05) is 59.9 Å². The molecule has 0 radical (unpaired) electrons. The Balaban J connectivity index is 0.000000217. The Kier molecular flexibility index (Phi) is 22.8. The SMILES string of the molecule is COc1cc(C(=O)O)c(Br)cc1C.COc1cc(C(=O)c2ccc(OC)c(OC)c2)c(Br)cc1C.COc1cc(Cc2ccc(OC)c(OC)c2)c(Br)cc1C.Oc1ccc(Cc2cc(O)c(O)cc2Br)cc1O. The number of halogens is 4. The molecular weight excluding hydrogens is 1220 g/mol. The van der Waals surface area contributed by atoms with Crippen LogP contribution in [0.25, 0.3) is 0 Å². The molecule has 392 valence electrons. The number of aromatic carboxylic acids is 1. The second kappa shape index (κ2) is 28.2. The molecule has 0 spiro atoms. The van der Waals surface area contributed by atoms with E-state index < -0.39 is 5.97 Å². The van der Waals surface area contributed by atoms with Gasteiger partial charge in [0.2, 0.25) is 0 Å². The second-order valence-corrected chi connectivity index (χ2v) is 19.4. The first kappa shape index (κ1) is 60.0. The predicted octanol–water partition coefficient (Wildman–Crippen LogP) is 13.7. The highest BCUT2D eigenvalue weighted by atomic mass is 79.9. The number of hydrogen-bond acceptors (Lipinski definition) is 13. The Hall–Kier alpha value is -6.60. The van der Waals surface area contributed by atoms with E-state index in [4.69, 9.17) is 38.3 Å². The number of aromatic hydroxyl groups is 4. The van der Waals surface area contributed by atoms with Crippen molar-refractivity contribution in [2.24, 2.45) is 0 Å². The highest BCUT2D eigenvalue weighted by Gasteiger charge is 2.18. The topological polar surface area (TPSA) is 200 Å². The molecule has 7 aromatic rings. The van der Waals surface area contributed by atoms with E-state index in [9.17, 15) is 30.0 Å². The first-order valence-electron chi connectivity index (χ1n) is 22.1. The zero-order chi connectivity index (χ0) is 55.0. The first-order chi connectivity index (χ1) is 35.1. The number of benzene rings is 7. The quantitative estimate of drug-likeness (QED) is 0.0509. The summed E-state index contributed by atoms with van der Waals surface area (Å²) in [6.45, 7) is 5.81. The molecule has 14 nitrogen and oxygen atoms in total. The predicted molar refractivity (Wildman–Crippen MR) is 299 cm³/mol. The molecule has 7 aromatic carbocycles. The average Bonchev–Trinajstić information content (AvgIpc) is 3.37. The van der Waals surface area contributed by atoms with Crippen LogP contribution in [0.5, 0.6) is 63.2 Å². The van der Waals surface area contributed by atoms with Crippen molar-refractivity contribution in [2.75, 3.05) is 49.8 Å². The van der Waals surface area contributed by atoms with Crippen molar-refractivity contribution >= 4 is 75.5 Å². The van der Waals surface area contributed by atoms with Crippen molar-refractivity contribution in [1.29, 1.82) is 0 Å². The van der Waals surface area contributed by atoms with E-state index in [1.165, 1.54) is 50.1 Å². The fourth-order valence-corrected chi connectivity index (χ4v) is 9.44. The number of aryl methyl sites for hydroxylation is 3. The van der Waals surface area contributed by atoms with Crippen LogP contribution < -0.4 is 33.2 Å². The van der Waals surface area contributed by atoms with Gasteiger partial charge in [0.05, 0.1) is 55.3 Å². The first-order valence-corrected chi connectivity index (χ1v) is 25.2. The molecule has 0 saturated carbocycles. The van der Waals surface area contributed by atoms with Crippen LogP contribution in [0.1, 0.15) is 65.2 Å². The van der Waals surface area contributed by atoms with E-state index in [0.29, 0.717) is 49.5 Å². The van der Waals surface area contributed by atoms with Gasteiger partial charge in [0.15, 0.2) is 51.8 Å². The summed E-state index contributed by atoms with van der Waals surface area (Å²) in [5, 5.41) is 46.2. The highest BCUT2D eigenvalue weighted by molar-refractivity contribution is 9.11. The van der Waals surface area contributed by atoms with Crippen LogP contribution in [0.15, 0.2) is 121 Å². The molecule has 0 aliphatic carbocycles. The summed E-state index contributed by atoms with van der Waals surface area (Å²) in [4.78, 5) is 23.4. The van der Waals surface area contributed by atoms with Crippen molar-refractivity contribution in [3.8, 4) is 63.2 Å². The zero-order valence-corrected chi connectivity index (χ0v) is 48.5. The Morgan fingerprint density at radius 1 is 0.392 bits per heavy atom. The van der Waals surface area contributed by atoms with Crippen molar-refractivity contribution in [3.63, 3.8) is 0 Å². The van der Waals surface area contributed by atoms with Gasteiger partial charge in [-0.15, -0.1) is 0 Å². The number of ketones is 1. The van der Waals surface area contributed by atoms with Crippen LogP contribution in [0.2, 0.25) is 0 Å². The van der Waals surface area contributed by atoms with Crippen molar-refractivity contribution in [2.45, 2.75) is 33.6 Å². The maximum atomic E-state index is 12.7. The number of carbonyl (C=O) groups is 2. The molecule has 74 heavy (non-hydrogen) atoms. The smallest absolute Gasteiger partial charge is 0.336 e. The maximum absolute atomic E-state index is 12.7. The molecule has 0 aliphatic rings. The van der Waals surface area contributed by atoms with Gasteiger partial charge in [-0.2, -0.15) is 0 Å². The third kappa shape index (κ3) is 16.0. The van der Waals surface area contributed by atoms with Crippen molar-refractivity contribution < 1.29 is 68.3 Å². The van der Waals surface area contributed by atoms with Gasteiger partial charge in [-0.25, -0.2) is 4.79 Å². The fourth-order valence-electron chi connectivity index (χ4n) is 7.11. The molecule has 0 amide bonds. The van der Waals surface area contributed by atoms with Gasteiger partial charge in [0, 0.05) is 29.0 Å². The highest BCUT2D eigenvalue weighted by Crippen LogP contribution is 2.36. The molecule has 7 rings (SSSR count). The van der Waals surface area contributed by atoms with Gasteiger partial charge < -0.3 is 58.7 Å². The molecule has 0 bridgehead atoms. The Bertz CT molecular complexity index is 3100. The summed E-state index contributed by atoms with van der Waals surface area (Å²) in [6.07, 6.45) is 1.24. The summed E-state index contributed by atoms with van der Waals surface area (Å²) < 4.78 is 39.8. The van der Waals surface area contributed by atoms with E-state index in [1.54, 1.807) is 71.9 Å². The number of phenols is 4. The van der Waals surface area contributed by atoms with Crippen LogP contribution in [0.3, 0.4) is 0 Å². The summed E-state index contributed by atoms with van der Waals surface area (Å²) >= 11 is 13.5. The standard InChI is InChI=1S/C17H17BrO4.C17H19BrO3.C13H11BrO4.C9H9BrO3/c1-10-7-13(18)12(9-15(10)21-3)17(19)11-5-6-14(20-2)16(8-11)22-4;1-11-7-14(18)13(10-16(11)20-3)8-12-5-6-15(19-2)17(9-12)21-4;14-9-6-13(18)12(17)5-8(9)3-7-1-2-10(15)11(16)4-7;1-5-3-7(10)6(9(11)12)4-8(5)13-2/h5-9H,1-4H3;5-7,9-10H,8H2,1-4H3;1-2,4-6,15-18H,3H2;3-4H,1-2H3,(H,11,12). The normalized spacial score (nSPS) is 10.2. The number of hydrogen-bond donors (Lipinski definition) is 5. The zero-order valence-electron chi connectivity index (χ0n) is 42.2. The molecule has 0 heterocycles. The Morgan fingerprint density at radius 3 is 1.30 bits per heavy atom. The average molecular weight is 1270 g/mol. The van der Waals surface area contributed by atoms with Gasteiger partial charge in [-0.05, 0) is 179 Å². The molecule has 0 aromatic heterocycles. The lowest BCUT2D eigenvalue weighted by molar-refractivity contribution is 0.0695. The van der Waals surface area contributed by atoms with Gasteiger partial charge in [0.1, 0.15) is 17.2 Å². The van der Waals surface area contributed by atoms with Crippen LogP contribution in [0.4, 0.5) is 0 Å². The third-order valence-electron chi connectivity index (χ3n) is 11.1. The molecule has 0 aliphatic heterocycles. The third-order valence-corrected chi connectivity index (χ3v) is 13.9. The summed E-state index contributed by atoms with van der Waals surface area (Å²) in [5.41, 5.74) is 8.09. The molecule has 5 N–H and O–H groups in total. The van der Waals surface area contributed by atoms with Crippen LogP contribution >= 0.6 is 63.7 Å². The molecule has 0 atom stereocenters. The molecule has 0 unspecified atom stereocenters. The summed E-state index contributed by atoms with van der Waals surface area (Å²) in [6, 6.07) is 29.4. The summed E-state index contributed by atoms with van der Waals surface area (Å²) in [7, 11) is 11.2. The monoisotopic (exact) mass is 1270 g/mol. The lowest BCUT2D eigenvalue weighted by atomic mass is 10.0. The number of carboxylic acids is 1. The van der Waals surface area contributed by atoms with Crippen LogP contribution in [-0.2, 0) is 12.8 Å². The molecule has 0 fully saturated rings. The van der Waals surface area contributed by atoms with Gasteiger partial charge >= 0.3 is 5.97 Å². The number of ether oxygens (including phenoxy) is 7. The van der Waals surface area contributed by atoms with Crippen LogP contribution in [0, 0.1) is 20.8 Å². The minimum Gasteiger partial charge on any atom is -0.504 e. The van der Waals surface area contributed by atoms with Crippen LogP contribution in [-0.4, -0.2) is 87.1 Å². The number of carbonyl (C=O) groups excluding carboxylic acids is 1. The van der Waals surface area contributed by atoms with Gasteiger partial charge in [-0.3, -0.25) is 4.79 Å². The van der Waals surface area contributed by atoms with Gasteiger partial charge in [0.25, 0.3) is 0 Å². The van der Waals surface area contributed by atoms with E-state index in [1.807, 2.05) is 45.0 Å². The molecule has 18 heteroatoms. The fraction of sp³-hybridized carbons (Fsp3) is 0.214. The van der Waals surface area contributed by atoms with E-state index in [-0.39, 0.29) is 34.3 Å². The van der Waals surface area contributed by atoms with Crippen molar-refractivity contribution in [1.82, 2.24) is 0 Å². The Labute approximate surface area is 463 Å². The van der Waals surface area contributed by atoms with Crippen molar-refractivity contribution in [3.05, 3.63) is 177 Å². The number of methoxy groups -OCH3 is 7. The lowest BCUT2D eigenvalue weighted by Gasteiger charge is -2.12. The number of phenolic OH excluding ortho intramolecular Hbond substituents is 4. The largest absolute Gasteiger partial charge is 0.504 e. The number of carboxylic acid groups (broad SMARTS) is 1. The van der Waals surface area contributed by atoms with E-state index in [2.05, 4.69) is 75.9 Å². The number of rotatable bonds is 14. The van der Waals surface area contributed by atoms with E-state index in [0.717, 1.165) is 66.0 Å². The molecular formula is C56H56Br4O14. The Morgan fingerprint density at radius 2 is 0.784 bits per heavy atom. The minimum atomic E-state index is -0.967. The summed E-state index contributed by atoms with van der Waals surface area (Å²) in [5.74, 6) is 2.89. The minimum absolute atomic E-state index is 0.119.